The van der Waals surface area contributed by atoms with Crippen LogP contribution in [0, 0.1) is 11.6 Å². The standard InChI is InChI=1S/C16H13F2N3OS/c1-19-16-21-14(8-23-16)11-6-13(18)12(17)5-10(11)9-3-4-15(22-2)20-7-9/h3-8H,1-2H3,(H,19,21). The molecule has 7 heteroatoms. The normalized spacial score (nSPS) is 10.6. The fourth-order valence-corrected chi connectivity index (χ4v) is 2.84. The van der Waals surface area contributed by atoms with Gasteiger partial charge in [-0.3, -0.25) is 0 Å². The number of benzene rings is 1. The lowest BCUT2D eigenvalue weighted by atomic mass is 9.99. The van der Waals surface area contributed by atoms with E-state index in [1.165, 1.54) is 18.4 Å². The number of ether oxygens (including phenoxy) is 1. The first-order valence-corrected chi connectivity index (χ1v) is 7.63. The molecule has 0 atom stereocenters. The number of aromatic nitrogens is 2. The van der Waals surface area contributed by atoms with Gasteiger partial charge in [0.25, 0.3) is 0 Å². The number of hydrogen-bond acceptors (Lipinski definition) is 5. The number of anilines is 1. The first kappa shape index (κ1) is 15.4. The van der Waals surface area contributed by atoms with Crippen LogP contribution in [0.2, 0.25) is 0 Å². The molecule has 4 nitrogen and oxygen atoms in total. The van der Waals surface area contributed by atoms with Gasteiger partial charge in [-0.05, 0) is 23.8 Å². The maximum absolute atomic E-state index is 13.7. The van der Waals surface area contributed by atoms with Gasteiger partial charge in [-0.1, -0.05) is 0 Å². The minimum atomic E-state index is -0.913. The van der Waals surface area contributed by atoms with Crippen LogP contribution in [0.1, 0.15) is 0 Å². The summed E-state index contributed by atoms with van der Waals surface area (Å²) >= 11 is 1.39. The molecule has 0 saturated heterocycles. The predicted molar refractivity (Wildman–Crippen MR) is 86.8 cm³/mol. The molecule has 0 fully saturated rings. The van der Waals surface area contributed by atoms with Crippen molar-refractivity contribution in [2.75, 3.05) is 19.5 Å². The van der Waals surface area contributed by atoms with Crippen molar-refractivity contribution in [1.29, 1.82) is 0 Å². The van der Waals surface area contributed by atoms with Gasteiger partial charge in [-0.15, -0.1) is 11.3 Å². The molecule has 0 aliphatic carbocycles. The zero-order valence-electron chi connectivity index (χ0n) is 12.4. The van der Waals surface area contributed by atoms with Crippen molar-refractivity contribution in [2.24, 2.45) is 0 Å². The van der Waals surface area contributed by atoms with Crippen molar-refractivity contribution in [3.05, 3.63) is 47.5 Å². The molecule has 0 saturated carbocycles. The summed E-state index contributed by atoms with van der Waals surface area (Å²) in [4.78, 5) is 8.48. The minimum absolute atomic E-state index is 0.448. The van der Waals surface area contributed by atoms with E-state index in [-0.39, 0.29) is 0 Å². The summed E-state index contributed by atoms with van der Waals surface area (Å²) in [7, 11) is 3.27. The second-order valence-corrected chi connectivity index (χ2v) is 5.55. The zero-order valence-corrected chi connectivity index (χ0v) is 13.2. The summed E-state index contributed by atoms with van der Waals surface area (Å²) in [5.74, 6) is -1.38. The Morgan fingerprint density at radius 2 is 1.87 bits per heavy atom. The van der Waals surface area contributed by atoms with E-state index in [9.17, 15) is 8.78 Å². The summed E-state index contributed by atoms with van der Waals surface area (Å²) in [6.45, 7) is 0. The third-order valence-corrected chi connectivity index (χ3v) is 4.17. The van der Waals surface area contributed by atoms with Gasteiger partial charge in [0.2, 0.25) is 5.88 Å². The van der Waals surface area contributed by atoms with Crippen molar-refractivity contribution in [1.82, 2.24) is 9.97 Å². The Morgan fingerprint density at radius 3 is 2.43 bits per heavy atom. The molecule has 0 spiro atoms. The smallest absolute Gasteiger partial charge is 0.212 e. The van der Waals surface area contributed by atoms with Crippen LogP contribution in [-0.2, 0) is 0 Å². The van der Waals surface area contributed by atoms with E-state index < -0.39 is 11.6 Å². The summed E-state index contributed by atoms with van der Waals surface area (Å²) < 4.78 is 32.5. The zero-order chi connectivity index (χ0) is 16.4. The number of rotatable bonds is 4. The van der Waals surface area contributed by atoms with Gasteiger partial charge in [-0.2, -0.15) is 0 Å². The highest BCUT2D eigenvalue weighted by Gasteiger charge is 2.16. The second-order valence-electron chi connectivity index (χ2n) is 4.69. The number of methoxy groups -OCH3 is 1. The maximum atomic E-state index is 13.7. The number of thiazole rings is 1. The van der Waals surface area contributed by atoms with Crippen LogP contribution < -0.4 is 10.1 Å². The van der Waals surface area contributed by atoms with Gasteiger partial charge in [0.05, 0.1) is 12.8 Å². The van der Waals surface area contributed by atoms with Crippen molar-refractivity contribution in [3.8, 4) is 28.3 Å². The molecule has 0 unspecified atom stereocenters. The molecule has 23 heavy (non-hydrogen) atoms. The van der Waals surface area contributed by atoms with Crippen molar-refractivity contribution >= 4 is 16.5 Å². The first-order chi connectivity index (χ1) is 11.1. The van der Waals surface area contributed by atoms with Crippen LogP contribution in [0.3, 0.4) is 0 Å². The topological polar surface area (TPSA) is 47.0 Å². The summed E-state index contributed by atoms with van der Waals surface area (Å²) in [6.07, 6.45) is 1.56. The van der Waals surface area contributed by atoms with Crippen LogP contribution in [0.25, 0.3) is 22.4 Å². The number of hydrogen-bond donors (Lipinski definition) is 1. The third kappa shape index (κ3) is 3.00. The van der Waals surface area contributed by atoms with E-state index in [4.69, 9.17) is 4.74 Å². The average molecular weight is 333 g/mol. The summed E-state index contributed by atoms with van der Waals surface area (Å²) in [5.41, 5.74) is 2.25. The lowest BCUT2D eigenvalue weighted by Gasteiger charge is -2.09. The van der Waals surface area contributed by atoms with Gasteiger partial charge in [-0.25, -0.2) is 18.7 Å². The molecule has 3 aromatic rings. The van der Waals surface area contributed by atoms with Crippen molar-refractivity contribution < 1.29 is 13.5 Å². The molecular weight excluding hydrogens is 320 g/mol. The lowest BCUT2D eigenvalue weighted by molar-refractivity contribution is 0.398. The monoisotopic (exact) mass is 333 g/mol. The van der Waals surface area contributed by atoms with Gasteiger partial charge < -0.3 is 10.1 Å². The number of halogens is 2. The Bertz CT molecular complexity index is 834. The Hall–Kier alpha value is -2.54. The van der Waals surface area contributed by atoms with Crippen LogP contribution in [-0.4, -0.2) is 24.1 Å². The highest BCUT2D eigenvalue weighted by molar-refractivity contribution is 7.14. The molecule has 118 valence electrons. The highest BCUT2D eigenvalue weighted by atomic mass is 32.1. The minimum Gasteiger partial charge on any atom is -0.481 e. The maximum Gasteiger partial charge on any atom is 0.212 e. The van der Waals surface area contributed by atoms with Crippen LogP contribution in [0.4, 0.5) is 13.9 Å². The van der Waals surface area contributed by atoms with Gasteiger partial charge >= 0.3 is 0 Å². The molecule has 0 aliphatic rings. The Balaban J connectivity index is 2.15. The van der Waals surface area contributed by atoms with Crippen molar-refractivity contribution in [3.63, 3.8) is 0 Å². The molecule has 1 aromatic carbocycles. The lowest BCUT2D eigenvalue weighted by Crippen LogP contribution is -1.94. The number of pyridine rings is 1. The van der Waals surface area contributed by atoms with E-state index in [1.54, 1.807) is 30.8 Å². The van der Waals surface area contributed by atoms with E-state index >= 15 is 0 Å². The Kier molecular flexibility index (Phi) is 4.20. The summed E-state index contributed by atoms with van der Waals surface area (Å²) in [6, 6.07) is 5.73. The molecule has 3 rings (SSSR count). The fraction of sp³-hybridized carbons (Fsp3) is 0.125. The Labute approximate surface area is 135 Å². The third-order valence-electron chi connectivity index (χ3n) is 3.31. The summed E-state index contributed by atoms with van der Waals surface area (Å²) in [5, 5.41) is 5.42. The van der Waals surface area contributed by atoms with E-state index in [0.717, 1.165) is 12.1 Å². The molecule has 0 radical (unpaired) electrons. The predicted octanol–water partition coefficient (Wildman–Crippen LogP) is 4.20. The molecule has 2 heterocycles. The first-order valence-electron chi connectivity index (χ1n) is 6.75. The largest absolute Gasteiger partial charge is 0.481 e. The molecular formula is C16H13F2N3OS. The van der Waals surface area contributed by atoms with Crippen molar-refractivity contribution in [2.45, 2.75) is 0 Å². The highest BCUT2D eigenvalue weighted by Crippen LogP contribution is 2.35. The second kappa shape index (κ2) is 6.29. The molecule has 1 N–H and O–H groups in total. The molecule has 0 bridgehead atoms. The molecule has 2 aromatic heterocycles. The van der Waals surface area contributed by atoms with Crippen LogP contribution in [0.5, 0.6) is 5.88 Å². The quantitative estimate of drug-likeness (QED) is 0.777. The van der Waals surface area contributed by atoms with Gasteiger partial charge in [0, 0.05) is 35.8 Å². The average Bonchev–Trinajstić information content (AvgIpc) is 3.06. The number of nitrogens with one attached hydrogen (secondary N) is 1. The van der Waals surface area contributed by atoms with E-state index in [1.807, 2.05) is 0 Å². The number of nitrogens with zero attached hydrogens (tertiary/aromatic N) is 2. The van der Waals surface area contributed by atoms with E-state index in [0.29, 0.717) is 33.4 Å². The fourth-order valence-electron chi connectivity index (χ4n) is 2.17. The van der Waals surface area contributed by atoms with Gasteiger partial charge in [0.1, 0.15) is 0 Å². The SMILES string of the molecule is CNc1nc(-c2cc(F)c(F)cc2-c2ccc(OC)nc2)cs1. The van der Waals surface area contributed by atoms with Crippen LogP contribution in [0.15, 0.2) is 35.8 Å². The Morgan fingerprint density at radius 1 is 1.13 bits per heavy atom. The van der Waals surface area contributed by atoms with E-state index in [2.05, 4.69) is 15.3 Å². The van der Waals surface area contributed by atoms with Gasteiger partial charge in [0.15, 0.2) is 16.8 Å². The van der Waals surface area contributed by atoms with Crippen LogP contribution >= 0.6 is 11.3 Å². The molecule has 0 amide bonds. The molecule has 0 aliphatic heterocycles.